The molecule has 96 valence electrons. The Bertz CT molecular complexity index is 474. The second-order valence-electron chi connectivity index (χ2n) is 4.53. The molecule has 0 bridgehead atoms. The Balaban J connectivity index is 2.14. The Labute approximate surface area is 104 Å². The van der Waals surface area contributed by atoms with E-state index >= 15 is 0 Å². The number of morpholine rings is 1. The number of carbonyl (C=O) groups is 2. The van der Waals surface area contributed by atoms with Gasteiger partial charge in [-0.25, -0.2) is 4.39 Å². The topological polar surface area (TPSA) is 46.6 Å². The summed E-state index contributed by atoms with van der Waals surface area (Å²) in [7, 11) is 0. The highest BCUT2D eigenvalue weighted by atomic mass is 19.1. The lowest BCUT2D eigenvalue weighted by molar-refractivity contribution is -0.167. The van der Waals surface area contributed by atoms with Crippen LogP contribution >= 0.6 is 0 Å². The molecule has 4 nitrogen and oxygen atoms in total. The quantitative estimate of drug-likeness (QED) is 0.587. The Morgan fingerprint density at radius 3 is 2.17 bits per heavy atom. The van der Waals surface area contributed by atoms with E-state index in [1.54, 1.807) is 30.9 Å². The second-order valence-corrected chi connectivity index (χ2v) is 4.53. The van der Waals surface area contributed by atoms with E-state index in [0.717, 1.165) is 5.56 Å². The average Bonchev–Trinajstić information content (AvgIpc) is 2.24. The van der Waals surface area contributed by atoms with Crippen molar-refractivity contribution < 1.29 is 18.7 Å². The van der Waals surface area contributed by atoms with Gasteiger partial charge in [0.25, 0.3) is 0 Å². The molecule has 5 heteroatoms. The predicted molar refractivity (Wildman–Crippen MR) is 62.3 cm³/mol. The van der Waals surface area contributed by atoms with Gasteiger partial charge in [-0.05, 0) is 30.5 Å². The van der Waals surface area contributed by atoms with Gasteiger partial charge in [0.15, 0.2) is 0 Å². The van der Waals surface area contributed by atoms with Crippen LogP contribution in [-0.2, 0) is 20.9 Å². The Morgan fingerprint density at radius 1 is 1.17 bits per heavy atom. The molecule has 1 aliphatic rings. The second kappa shape index (κ2) is 4.86. The summed E-state index contributed by atoms with van der Waals surface area (Å²) >= 11 is 0. The fourth-order valence-electron chi connectivity index (χ4n) is 2.11. The molecule has 0 N–H and O–H groups in total. The Hall–Kier alpha value is -1.75. The fraction of sp³-hybridized carbons (Fsp3) is 0.385. The number of nitrogens with zero attached hydrogens (tertiary/aromatic N) is 1. The third-order valence-corrected chi connectivity index (χ3v) is 2.84. The maximum Gasteiger partial charge on any atom is 0.327 e. The molecule has 1 fully saturated rings. The summed E-state index contributed by atoms with van der Waals surface area (Å²) in [4.78, 5) is 23.9. The summed E-state index contributed by atoms with van der Waals surface area (Å²) in [5.41, 5.74) is 2.01. The van der Waals surface area contributed by atoms with E-state index < -0.39 is 11.9 Å². The van der Waals surface area contributed by atoms with Crippen LogP contribution in [-0.4, -0.2) is 29.9 Å². The Morgan fingerprint density at radius 2 is 1.67 bits per heavy atom. The van der Waals surface area contributed by atoms with E-state index in [2.05, 4.69) is 4.74 Å². The molecular formula is C13H14FNO3. The van der Waals surface area contributed by atoms with Crippen molar-refractivity contribution in [3.05, 3.63) is 34.6 Å². The number of hydrogen-bond donors (Lipinski definition) is 0. The molecule has 1 aromatic carbocycles. The molecule has 0 spiro atoms. The van der Waals surface area contributed by atoms with Gasteiger partial charge in [0.05, 0.1) is 13.1 Å². The van der Waals surface area contributed by atoms with Crippen LogP contribution in [0.3, 0.4) is 0 Å². The van der Waals surface area contributed by atoms with Crippen molar-refractivity contribution in [2.24, 2.45) is 0 Å². The zero-order chi connectivity index (χ0) is 13.3. The number of hydrogen-bond acceptors (Lipinski definition) is 4. The van der Waals surface area contributed by atoms with Crippen LogP contribution in [0.5, 0.6) is 0 Å². The first-order valence-electron chi connectivity index (χ1n) is 5.67. The summed E-state index contributed by atoms with van der Waals surface area (Å²) in [5, 5.41) is 0. The van der Waals surface area contributed by atoms with Crippen molar-refractivity contribution in [1.29, 1.82) is 0 Å². The average molecular weight is 251 g/mol. The molecule has 0 saturated carbocycles. The van der Waals surface area contributed by atoms with Crippen LogP contribution in [0.15, 0.2) is 12.1 Å². The third kappa shape index (κ3) is 2.73. The van der Waals surface area contributed by atoms with Crippen molar-refractivity contribution in [3.8, 4) is 0 Å². The van der Waals surface area contributed by atoms with Crippen molar-refractivity contribution in [2.75, 3.05) is 13.1 Å². The first-order valence-corrected chi connectivity index (χ1v) is 5.67. The SMILES string of the molecule is Cc1cc(CN2CC(=O)OC(=O)C2)cc(C)c1F. The summed E-state index contributed by atoms with van der Waals surface area (Å²) in [6.07, 6.45) is 0. The number of aryl methyl sites for hydroxylation is 2. The van der Waals surface area contributed by atoms with Crippen LogP contribution < -0.4 is 0 Å². The highest BCUT2D eigenvalue weighted by Crippen LogP contribution is 2.16. The largest absolute Gasteiger partial charge is 0.391 e. The highest BCUT2D eigenvalue weighted by Gasteiger charge is 2.24. The minimum Gasteiger partial charge on any atom is -0.391 e. The number of halogens is 1. The molecule has 2 rings (SSSR count). The van der Waals surface area contributed by atoms with Gasteiger partial charge in [-0.15, -0.1) is 0 Å². The lowest BCUT2D eigenvalue weighted by Crippen LogP contribution is -2.42. The number of esters is 2. The monoisotopic (exact) mass is 251 g/mol. The summed E-state index contributed by atoms with van der Waals surface area (Å²) in [6.45, 7) is 3.99. The zero-order valence-corrected chi connectivity index (χ0v) is 10.3. The van der Waals surface area contributed by atoms with E-state index in [-0.39, 0.29) is 18.9 Å². The number of cyclic esters (lactones) is 2. The number of rotatable bonds is 2. The molecular weight excluding hydrogens is 237 g/mol. The van der Waals surface area contributed by atoms with Crippen molar-refractivity contribution in [2.45, 2.75) is 20.4 Å². The van der Waals surface area contributed by atoms with Gasteiger partial charge in [0.2, 0.25) is 0 Å². The molecule has 1 heterocycles. The normalized spacial score (nSPS) is 16.8. The van der Waals surface area contributed by atoms with Crippen molar-refractivity contribution in [3.63, 3.8) is 0 Å². The van der Waals surface area contributed by atoms with Crippen molar-refractivity contribution >= 4 is 11.9 Å². The van der Waals surface area contributed by atoms with Crippen LogP contribution in [0.1, 0.15) is 16.7 Å². The molecule has 1 aliphatic heterocycles. The predicted octanol–water partition coefficient (Wildman–Crippen LogP) is 1.33. The molecule has 0 aromatic heterocycles. The van der Waals surface area contributed by atoms with Crippen LogP contribution in [0.25, 0.3) is 0 Å². The lowest BCUT2D eigenvalue weighted by atomic mass is 10.1. The van der Waals surface area contributed by atoms with Gasteiger partial charge in [0.1, 0.15) is 5.82 Å². The minimum absolute atomic E-state index is 0.0845. The molecule has 1 aromatic rings. The molecule has 0 aliphatic carbocycles. The maximum absolute atomic E-state index is 13.5. The molecule has 0 amide bonds. The molecule has 18 heavy (non-hydrogen) atoms. The molecule has 0 unspecified atom stereocenters. The van der Waals surface area contributed by atoms with Gasteiger partial charge in [-0.2, -0.15) is 0 Å². The lowest BCUT2D eigenvalue weighted by Gasteiger charge is -2.24. The number of ether oxygens (including phenoxy) is 1. The minimum atomic E-state index is -0.540. The van der Waals surface area contributed by atoms with E-state index in [9.17, 15) is 14.0 Å². The fourth-order valence-corrected chi connectivity index (χ4v) is 2.11. The smallest absolute Gasteiger partial charge is 0.327 e. The Kier molecular flexibility index (Phi) is 3.43. The van der Waals surface area contributed by atoms with Crippen LogP contribution in [0, 0.1) is 19.7 Å². The molecule has 0 atom stereocenters. The summed E-state index contributed by atoms with van der Waals surface area (Å²) < 4.78 is 17.9. The molecule has 1 saturated heterocycles. The zero-order valence-electron chi connectivity index (χ0n) is 10.3. The number of benzene rings is 1. The van der Waals surface area contributed by atoms with Gasteiger partial charge in [0, 0.05) is 6.54 Å². The van der Waals surface area contributed by atoms with E-state index in [4.69, 9.17) is 0 Å². The first-order chi connectivity index (χ1) is 8.45. The maximum atomic E-state index is 13.5. The van der Waals surface area contributed by atoms with Crippen molar-refractivity contribution in [1.82, 2.24) is 4.90 Å². The standard InChI is InChI=1S/C13H14FNO3/c1-8-3-10(4-9(2)13(8)14)5-15-6-11(16)18-12(17)7-15/h3-4H,5-7H2,1-2H3. The van der Waals surface area contributed by atoms with Gasteiger partial charge in [-0.3, -0.25) is 14.5 Å². The van der Waals surface area contributed by atoms with Crippen LogP contribution in [0.2, 0.25) is 0 Å². The highest BCUT2D eigenvalue weighted by molar-refractivity contribution is 5.90. The summed E-state index contributed by atoms with van der Waals surface area (Å²) in [6, 6.07) is 3.46. The van der Waals surface area contributed by atoms with E-state index in [1.165, 1.54) is 0 Å². The van der Waals surface area contributed by atoms with E-state index in [1.807, 2.05) is 0 Å². The van der Waals surface area contributed by atoms with Gasteiger partial charge >= 0.3 is 11.9 Å². The third-order valence-electron chi connectivity index (χ3n) is 2.84. The van der Waals surface area contributed by atoms with Crippen LogP contribution in [0.4, 0.5) is 4.39 Å². The molecule has 0 radical (unpaired) electrons. The summed E-state index contributed by atoms with van der Waals surface area (Å²) in [5.74, 6) is -1.29. The first kappa shape index (κ1) is 12.7. The van der Waals surface area contributed by atoms with Gasteiger partial charge in [-0.1, -0.05) is 12.1 Å². The van der Waals surface area contributed by atoms with Gasteiger partial charge < -0.3 is 4.74 Å². The van der Waals surface area contributed by atoms with E-state index in [0.29, 0.717) is 17.7 Å². The number of carbonyl (C=O) groups excluding carboxylic acids is 2.